The second-order valence-electron chi connectivity index (χ2n) is 4.58. The topological polar surface area (TPSA) is 139 Å². The maximum absolute atomic E-state index is 11.9. The van der Waals surface area contributed by atoms with Gasteiger partial charge in [0, 0.05) is 24.5 Å². The van der Waals surface area contributed by atoms with E-state index in [0.717, 1.165) is 0 Å². The van der Waals surface area contributed by atoms with E-state index < -0.39 is 35.6 Å². The average molecular weight is 421 g/mol. The van der Waals surface area contributed by atoms with Crippen molar-refractivity contribution in [1.82, 2.24) is 9.55 Å². The number of ether oxygens (including phenoxy) is 2. The highest BCUT2D eigenvalue weighted by atomic mass is 127. The van der Waals surface area contributed by atoms with Gasteiger partial charge >= 0.3 is 11.7 Å². The number of nitrogens with one attached hydrogen (secondary N) is 1. The first-order valence-electron chi connectivity index (χ1n) is 6.26. The molecule has 1 fully saturated rings. The zero-order valence-electron chi connectivity index (χ0n) is 11.4. The third kappa shape index (κ3) is 3.67. The van der Waals surface area contributed by atoms with Crippen molar-refractivity contribution < 1.29 is 14.3 Å². The lowest BCUT2D eigenvalue weighted by Gasteiger charge is -2.16. The van der Waals surface area contributed by atoms with Crippen LogP contribution < -0.4 is 11.2 Å². The molecule has 1 aliphatic heterocycles. The fraction of sp³-hybridized carbons (Fsp3) is 0.545. The van der Waals surface area contributed by atoms with E-state index in [4.69, 9.17) is 15.0 Å². The molecule has 2 heterocycles. The first-order chi connectivity index (χ1) is 10.4. The van der Waals surface area contributed by atoms with Crippen LogP contribution in [0.2, 0.25) is 0 Å². The molecule has 0 aliphatic carbocycles. The number of rotatable bonds is 4. The minimum atomic E-state index is -0.714. The largest absolute Gasteiger partial charge is 0.463 e. The molecule has 118 valence electrons. The minimum absolute atomic E-state index is 0.0787. The van der Waals surface area contributed by atoms with Crippen molar-refractivity contribution in [2.24, 2.45) is 5.11 Å². The summed E-state index contributed by atoms with van der Waals surface area (Å²) in [4.78, 5) is 39.0. The molecule has 1 saturated heterocycles. The molecule has 1 unspecified atom stereocenters. The van der Waals surface area contributed by atoms with Gasteiger partial charge in [-0.1, -0.05) is 5.11 Å². The Morgan fingerprint density at radius 2 is 2.41 bits per heavy atom. The van der Waals surface area contributed by atoms with Gasteiger partial charge in [0.25, 0.3) is 5.56 Å². The monoisotopic (exact) mass is 421 g/mol. The molecule has 0 saturated carbocycles. The summed E-state index contributed by atoms with van der Waals surface area (Å²) in [5.74, 6) is -0.484. The number of halogens is 1. The second kappa shape index (κ2) is 6.94. The summed E-state index contributed by atoms with van der Waals surface area (Å²) in [7, 11) is 0. The predicted molar refractivity (Wildman–Crippen MR) is 82.1 cm³/mol. The predicted octanol–water partition coefficient (Wildman–Crippen LogP) is 0.671. The SMILES string of the molecule is CC(=O)OC[C@@H]1O[C@H](n2cc(I)c(=O)[nH]c2=O)CC1N=[N+]=[N-]. The van der Waals surface area contributed by atoms with E-state index in [2.05, 4.69) is 15.0 Å². The summed E-state index contributed by atoms with van der Waals surface area (Å²) in [6, 6.07) is -0.578. The normalized spacial score (nSPS) is 23.8. The second-order valence-corrected chi connectivity index (χ2v) is 5.75. The van der Waals surface area contributed by atoms with Gasteiger partial charge in [-0.2, -0.15) is 0 Å². The van der Waals surface area contributed by atoms with Crippen LogP contribution in [0.1, 0.15) is 19.6 Å². The van der Waals surface area contributed by atoms with E-state index >= 15 is 0 Å². The molecule has 0 spiro atoms. The van der Waals surface area contributed by atoms with E-state index in [1.165, 1.54) is 17.7 Å². The summed E-state index contributed by atoms with van der Waals surface area (Å²) >= 11 is 1.80. The number of azide groups is 1. The van der Waals surface area contributed by atoms with Gasteiger partial charge in [-0.05, 0) is 28.1 Å². The molecule has 22 heavy (non-hydrogen) atoms. The maximum Gasteiger partial charge on any atom is 0.330 e. The molecule has 0 aromatic carbocycles. The summed E-state index contributed by atoms with van der Waals surface area (Å²) in [6.45, 7) is 1.18. The summed E-state index contributed by atoms with van der Waals surface area (Å²) in [6.07, 6.45) is 0.237. The highest BCUT2D eigenvalue weighted by molar-refractivity contribution is 14.1. The maximum atomic E-state index is 11.9. The smallest absolute Gasteiger partial charge is 0.330 e. The van der Waals surface area contributed by atoms with Gasteiger partial charge in [0.15, 0.2) is 0 Å². The number of carbonyl (C=O) groups excluding carboxylic acids is 1. The van der Waals surface area contributed by atoms with Crippen molar-refractivity contribution >= 4 is 28.6 Å². The molecule has 1 aromatic rings. The minimum Gasteiger partial charge on any atom is -0.463 e. The Labute approximate surface area is 137 Å². The van der Waals surface area contributed by atoms with Crippen LogP contribution in [-0.4, -0.2) is 34.3 Å². The molecule has 0 amide bonds. The van der Waals surface area contributed by atoms with Crippen LogP contribution in [0.15, 0.2) is 20.9 Å². The van der Waals surface area contributed by atoms with Crippen LogP contribution in [0.5, 0.6) is 0 Å². The number of hydrogen-bond acceptors (Lipinski definition) is 6. The Kier molecular flexibility index (Phi) is 5.21. The lowest BCUT2D eigenvalue weighted by atomic mass is 10.1. The van der Waals surface area contributed by atoms with Crippen molar-refractivity contribution in [1.29, 1.82) is 0 Å². The van der Waals surface area contributed by atoms with Gasteiger partial charge in [-0.15, -0.1) is 0 Å². The summed E-state index contributed by atoms with van der Waals surface area (Å²) in [5, 5.41) is 3.60. The lowest BCUT2D eigenvalue weighted by molar-refractivity contribution is -0.146. The third-order valence-electron chi connectivity index (χ3n) is 3.09. The Morgan fingerprint density at radius 1 is 1.68 bits per heavy atom. The van der Waals surface area contributed by atoms with Crippen LogP contribution in [0.4, 0.5) is 0 Å². The first kappa shape index (κ1) is 16.5. The molecule has 2 rings (SSSR count). The molecular formula is C11H12IN5O5. The van der Waals surface area contributed by atoms with Crippen molar-refractivity contribution in [3.05, 3.63) is 41.0 Å². The Morgan fingerprint density at radius 3 is 3.05 bits per heavy atom. The van der Waals surface area contributed by atoms with Gasteiger partial charge < -0.3 is 9.47 Å². The molecule has 1 N–H and O–H groups in total. The van der Waals surface area contributed by atoms with Crippen LogP contribution in [0, 0.1) is 3.57 Å². The number of hydrogen-bond donors (Lipinski definition) is 1. The fourth-order valence-corrected chi connectivity index (χ4v) is 2.53. The van der Waals surface area contributed by atoms with Crippen molar-refractivity contribution in [2.75, 3.05) is 6.61 Å². The van der Waals surface area contributed by atoms with Crippen LogP contribution >= 0.6 is 22.6 Å². The van der Waals surface area contributed by atoms with Crippen molar-refractivity contribution in [3.63, 3.8) is 0 Å². The van der Waals surface area contributed by atoms with Crippen LogP contribution in [0.3, 0.4) is 0 Å². The van der Waals surface area contributed by atoms with Gasteiger partial charge in [0.05, 0.1) is 9.61 Å². The average Bonchev–Trinajstić information content (AvgIpc) is 2.84. The molecule has 11 heteroatoms. The third-order valence-corrected chi connectivity index (χ3v) is 3.86. The Hall–Kier alpha value is -1.85. The van der Waals surface area contributed by atoms with Crippen LogP contribution in [-0.2, 0) is 14.3 Å². The molecule has 3 atom stereocenters. The quantitative estimate of drug-likeness (QED) is 0.250. The highest BCUT2D eigenvalue weighted by Gasteiger charge is 2.37. The van der Waals surface area contributed by atoms with Crippen molar-refractivity contribution in [3.8, 4) is 0 Å². The van der Waals surface area contributed by atoms with E-state index in [0.29, 0.717) is 3.57 Å². The fourth-order valence-electron chi connectivity index (χ4n) is 2.10. The van der Waals surface area contributed by atoms with Gasteiger partial charge in [-0.3, -0.25) is 19.1 Å². The van der Waals surface area contributed by atoms with Crippen LogP contribution in [0.25, 0.3) is 10.4 Å². The molecule has 1 aliphatic rings. The van der Waals surface area contributed by atoms with Gasteiger partial charge in [-0.25, -0.2) is 4.79 Å². The van der Waals surface area contributed by atoms with Gasteiger partial charge in [0.1, 0.15) is 18.9 Å². The lowest BCUT2D eigenvalue weighted by Crippen LogP contribution is -2.33. The zero-order chi connectivity index (χ0) is 16.3. The molecule has 0 radical (unpaired) electrons. The number of esters is 1. The van der Waals surface area contributed by atoms with E-state index in [-0.39, 0.29) is 13.0 Å². The number of aromatic nitrogens is 2. The standard InChI is InChI=1S/C11H12IN5O5/c1-5(18)21-4-8-7(15-16-13)2-9(22-8)17-3-6(12)10(19)14-11(17)20/h3,7-9H,2,4H2,1H3,(H,14,19,20)/t7?,8-,9-/m0/s1. The molecular weight excluding hydrogens is 409 g/mol. The molecule has 1 aromatic heterocycles. The van der Waals surface area contributed by atoms with Crippen molar-refractivity contribution in [2.45, 2.75) is 31.7 Å². The zero-order valence-corrected chi connectivity index (χ0v) is 13.6. The molecule has 10 nitrogen and oxygen atoms in total. The van der Waals surface area contributed by atoms with E-state index in [9.17, 15) is 14.4 Å². The number of nitrogens with zero attached hydrogens (tertiary/aromatic N) is 4. The Bertz CT molecular complexity index is 737. The summed E-state index contributed by atoms with van der Waals surface area (Å²) in [5.41, 5.74) is 7.49. The highest BCUT2D eigenvalue weighted by Crippen LogP contribution is 2.30. The van der Waals surface area contributed by atoms with E-state index in [1.54, 1.807) is 22.6 Å². The number of aromatic amines is 1. The van der Waals surface area contributed by atoms with E-state index in [1.807, 2.05) is 0 Å². The Balaban J connectivity index is 2.25. The summed E-state index contributed by atoms with van der Waals surface area (Å²) < 4.78 is 12.0. The first-order valence-corrected chi connectivity index (χ1v) is 7.34. The number of H-pyrrole nitrogens is 1. The molecule has 0 bridgehead atoms. The van der Waals surface area contributed by atoms with Gasteiger partial charge in [0.2, 0.25) is 0 Å². The number of carbonyl (C=O) groups is 1.